The number of hydrogen-bond acceptors (Lipinski definition) is 5. The predicted octanol–water partition coefficient (Wildman–Crippen LogP) is 3.39. The van der Waals surface area contributed by atoms with Crippen molar-refractivity contribution in [1.29, 1.82) is 0 Å². The number of esters is 1. The molecule has 2 aromatic carbocycles. The van der Waals surface area contributed by atoms with Gasteiger partial charge in [-0.25, -0.2) is 9.18 Å². The second-order valence-electron chi connectivity index (χ2n) is 6.40. The molecule has 0 aliphatic carbocycles. The standard InChI is InChI=1S/C21H20FNO5/c1-27-19-10-7-15(12-17(19)22)18(24)13-28-21(26)14-5-8-16(9-6-14)23-11-3-2-4-20(23)25/h5-10,12H,2-4,11,13H2,1H3. The van der Waals surface area contributed by atoms with Gasteiger partial charge in [-0.3, -0.25) is 9.59 Å². The van der Waals surface area contributed by atoms with Crippen molar-refractivity contribution in [2.24, 2.45) is 0 Å². The SMILES string of the molecule is COc1ccc(C(=O)COC(=O)c2ccc(N3CCCCC3=O)cc2)cc1F. The van der Waals surface area contributed by atoms with Crippen molar-refractivity contribution in [2.45, 2.75) is 19.3 Å². The molecule has 3 rings (SSSR count). The average molecular weight is 385 g/mol. The number of anilines is 1. The number of carbonyl (C=O) groups excluding carboxylic acids is 3. The van der Waals surface area contributed by atoms with Gasteiger partial charge in [0.1, 0.15) is 0 Å². The zero-order chi connectivity index (χ0) is 20.1. The van der Waals surface area contributed by atoms with E-state index in [4.69, 9.17) is 9.47 Å². The molecule has 0 aromatic heterocycles. The molecular weight excluding hydrogens is 365 g/mol. The van der Waals surface area contributed by atoms with E-state index in [9.17, 15) is 18.8 Å². The highest BCUT2D eigenvalue weighted by Crippen LogP contribution is 2.22. The number of halogens is 1. The first kappa shape index (κ1) is 19.5. The Bertz CT molecular complexity index is 894. The number of methoxy groups -OCH3 is 1. The third-order valence-electron chi connectivity index (χ3n) is 4.55. The highest BCUT2D eigenvalue weighted by Gasteiger charge is 2.20. The van der Waals surface area contributed by atoms with Crippen LogP contribution < -0.4 is 9.64 Å². The number of Topliss-reactive ketones (excluding diaryl/α,β-unsaturated/α-hetero) is 1. The Morgan fingerprint density at radius 1 is 1.07 bits per heavy atom. The Hall–Kier alpha value is -3.22. The van der Waals surface area contributed by atoms with Crippen LogP contribution in [-0.2, 0) is 9.53 Å². The monoisotopic (exact) mass is 385 g/mol. The minimum Gasteiger partial charge on any atom is -0.494 e. The first-order chi connectivity index (χ1) is 13.5. The third-order valence-corrected chi connectivity index (χ3v) is 4.55. The van der Waals surface area contributed by atoms with E-state index in [-0.39, 0.29) is 22.8 Å². The normalized spacial score (nSPS) is 13.9. The third kappa shape index (κ3) is 4.36. The summed E-state index contributed by atoms with van der Waals surface area (Å²) in [6, 6.07) is 10.3. The maximum atomic E-state index is 13.7. The molecule has 1 fully saturated rings. The van der Waals surface area contributed by atoms with Gasteiger partial charge >= 0.3 is 5.97 Å². The largest absolute Gasteiger partial charge is 0.494 e. The number of rotatable bonds is 6. The minimum absolute atomic E-state index is 0.0285. The zero-order valence-electron chi connectivity index (χ0n) is 15.4. The van der Waals surface area contributed by atoms with E-state index < -0.39 is 24.2 Å². The van der Waals surface area contributed by atoms with Crippen molar-refractivity contribution < 1.29 is 28.2 Å². The molecule has 1 aliphatic heterocycles. The van der Waals surface area contributed by atoms with Crippen LogP contribution in [0.4, 0.5) is 10.1 Å². The lowest BCUT2D eigenvalue weighted by molar-refractivity contribution is -0.119. The maximum Gasteiger partial charge on any atom is 0.338 e. The quantitative estimate of drug-likeness (QED) is 0.563. The van der Waals surface area contributed by atoms with Crippen molar-refractivity contribution >= 4 is 23.3 Å². The summed E-state index contributed by atoms with van der Waals surface area (Å²) in [5.41, 5.74) is 1.08. The number of carbonyl (C=O) groups is 3. The molecule has 146 valence electrons. The average Bonchev–Trinajstić information content (AvgIpc) is 2.72. The van der Waals surface area contributed by atoms with Gasteiger partial charge in [0.2, 0.25) is 5.91 Å². The summed E-state index contributed by atoms with van der Waals surface area (Å²) in [4.78, 5) is 37.9. The highest BCUT2D eigenvalue weighted by molar-refractivity contribution is 5.99. The fourth-order valence-electron chi connectivity index (χ4n) is 2.99. The number of ketones is 1. The van der Waals surface area contributed by atoms with Gasteiger partial charge in [0, 0.05) is 24.2 Å². The van der Waals surface area contributed by atoms with Crippen molar-refractivity contribution in [3.63, 3.8) is 0 Å². The molecule has 28 heavy (non-hydrogen) atoms. The van der Waals surface area contributed by atoms with Crippen LogP contribution in [0.15, 0.2) is 42.5 Å². The smallest absolute Gasteiger partial charge is 0.338 e. The lowest BCUT2D eigenvalue weighted by atomic mass is 10.1. The number of amides is 1. The Morgan fingerprint density at radius 3 is 2.43 bits per heavy atom. The highest BCUT2D eigenvalue weighted by atomic mass is 19.1. The van der Waals surface area contributed by atoms with E-state index in [0.29, 0.717) is 13.0 Å². The maximum absolute atomic E-state index is 13.7. The van der Waals surface area contributed by atoms with Crippen LogP contribution in [0.1, 0.15) is 40.0 Å². The van der Waals surface area contributed by atoms with Gasteiger partial charge in [-0.1, -0.05) is 0 Å². The number of piperidine rings is 1. The lowest BCUT2D eigenvalue weighted by Gasteiger charge is -2.26. The molecule has 1 saturated heterocycles. The van der Waals surface area contributed by atoms with Gasteiger partial charge < -0.3 is 14.4 Å². The molecule has 0 spiro atoms. The molecule has 7 heteroatoms. The van der Waals surface area contributed by atoms with Crippen LogP contribution in [-0.4, -0.2) is 37.9 Å². The molecule has 6 nitrogen and oxygen atoms in total. The first-order valence-corrected chi connectivity index (χ1v) is 8.94. The fraction of sp³-hybridized carbons (Fsp3) is 0.286. The van der Waals surface area contributed by atoms with E-state index in [1.807, 2.05) is 0 Å². The van der Waals surface area contributed by atoms with Crippen LogP contribution >= 0.6 is 0 Å². The van der Waals surface area contributed by atoms with Gasteiger partial charge in [0.15, 0.2) is 24.0 Å². The summed E-state index contributed by atoms with van der Waals surface area (Å²) in [6.45, 7) is 0.159. The molecule has 0 unspecified atom stereocenters. The van der Waals surface area contributed by atoms with E-state index >= 15 is 0 Å². The van der Waals surface area contributed by atoms with Crippen molar-refractivity contribution in [2.75, 3.05) is 25.2 Å². The molecule has 1 amide bonds. The number of nitrogens with zero attached hydrogens (tertiary/aromatic N) is 1. The zero-order valence-corrected chi connectivity index (χ0v) is 15.4. The number of ether oxygens (including phenoxy) is 2. The van der Waals surface area contributed by atoms with Gasteiger partial charge in [0.25, 0.3) is 0 Å². The van der Waals surface area contributed by atoms with Gasteiger partial charge in [0.05, 0.1) is 12.7 Å². The van der Waals surface area contributed by atoms with Crippen molar-refractivity contribution in [3.05, 3.63) is 59.4 Å². The van der Waals surface area contributed by atoms with Crippen molar-refractivity contribution in [3.8, 4) is 5.75 Å². The summed E-state index contributed by atoms with van der Waals surface area (Å²) in [6.07, 6.45) is 2.37. The fourth-order valence-corrected chi connectivity index (χ4v) is 2.99. The summed E-state index contributed by atoms with van der Waals surface area (Å²) in [5, 5.41) is 0. The molecule has 0 radical (unpaired) electrons. The van der Waals surface area contributed by atoms with Crippen LogP contribution in [0, 0.1) is 5.82 Å². The van der Waals surface area contributed by atoms with E-state index in [0.717, 1.165) is 24.6 Å². The van der Waals surface area contributed by atoms with E-state index in [2.05, 4.69) is 0 Å². The summed E-state index contributed by atoms with van der Waals surface area (Å²) < 4.78 is 23.5. The minimum atomic E-state index is -0.668. The summed E-state index contributed by atoms with van der Waals surface area (Å²) in [7, 11) is 1.33. The van der Waals surface area contributed by atoms with E-state index in [1.165, 1.54) is 19.2 Å². The second-order valence-corrected chi connectivity index (χ2v) is 6.40. The Labute approximate surface area is 161 Å². The molecular formula is C21H20FNO5. The first-order valence-electron chi connectivity index (χ1n) is 8.94. The molecule has 1 heterocycles. The van der Waals surface area contributed by atoms with Gasteiger partial charge in [-0.05, 0) is 55.3 Å². The lowest BCUT2D eigenvalue weighted by Crippen LogP contribution is -2.35. The van der Waals surface area contributed by atoms with Crippen LogP contribution in [0.3, 0.4) is 0 Å². The van der Waals surface area contributed by atoms with E-state index in [1.54, 1.807) is 29.2 Å². The van der Waals surface area contributed by atoms with Crippen LogP contribution in [0.25, 0.3) is 0 Å². The van der Waals surface area contributed by atoms with Gasteiger partial charge in [-0.2, -0.15) is 0 Å². The molecule has 0 bridgehead atoms. The molecule has 0 atom stereocenters. The van der Waals surface area contributed by atoms with Crippen molar-refractivity contribution in [1.82, 2.24) is 0 Å². The van der Waals surface area contributed by atoms with Crippen LogP contribution in [0.2, 0.25) is 0 Å². The predicted molar refractivity (Wildman–Crippen MR) is 100 cm³/mol. The Balaban J connectivity index is 1.59. The molecule has 0 saturated carbocycles. The molecule has 2 aromatic rings. The Morgan fingerprint density at radius 2 is 1.79 bits per heavy atom. The van der Waals surface area contributed by atoms with Gasteiger partial charge in [-0.15, -0.1) is 0 Å². The Kier molecular flexibility index (Phi) is 6.03. The molecule has 1 aliphatic rings. The topological polar surface area (TPSA) is 72.9 Å². The molecule has 0 N–H and O–H groups in total. The number of benzene rings is 2. The van der Waals surface area contributed by atoms with Crippen LogP contribution in [0.5, 0.6) is 5.75 Å². The summed E-state index contributed by atoms with van der Waals surface area (Å²) in [5.74, 6) is -1.76. The second kappa shape index (κ2) is 8.65. The number of hydrogen-bond donors (Lipinski definition) is 0. The summed E-state index contributed by atoms with van der Waals surface area (Å²) >= 11 is 0.